The van der Waals surface area contributed by atoms with Crippen molar-refractivity contribution in [2.75, 3.05) is 15.8 Å². The molecule has 0 spiro atoms. The molecule has 0 heterocycles. The minimum absolute atomic E-state index is 0.0191. The first-order valence-corrected chi connectivity index (χ1v) is 10.9. The molecule has 1 aromatic carbocycles. The lowest BCUT2D eigenvalue weighted by molar-refractivity contribution is 0.152. The quantitative estimate of drug-likeness (QED) is 0.718. The maximum atomic E-state index is 12.3. The Morgan fingerprint density at radius 3 is 2.58 bits per heavy atom. The van der Waals surface area contributed by atoms with Crippen molar-refractivity contribution < 1.29 is 13.2 Å². The van der Waals surface area contributed by atoms with E-state index in [1.807, 2.05) is 6.92 Å². The highest BCUT2D eigenvalue weighted by molar-refractivity contribution is 7.92. The standard InChI is InChI=1S/C19H31N3O3S/c1-6-26(24,25)22-17-8-7-15(11-13(17)2)20-18(23)21-16-9-10-19(4,5)12-14(16)3/h7-8,11,14,16,22H,6,9-10,12H2,1-5H3,(H2,20,21,23)/t14-,16+/m0/s1. The van der Waals surface area contributed by atoms with Crippen molar-refractivity contribution in [2.45, 2.75) is 59.9 Å². The lowest BCUT2D eigenvalue weighted by Crippen LogP contribution is -2.46. The minimum Gasteiger partial charge on any atom is -0.335 e. The third kappa shape index (κ3) is 5.62. The summed E-state index contributed by atoms with van der Waals surface area (Å²) in [7, 11) is -3.32. The van der Waals surface area contributed by atoms with Crippen LogP contribution in [0.3, 0.4) is 0 Å². The van der Waals surface area contributed by atoms with Crippen molar-refractivity contribution >= 4 is 27.4 Å². The second-order valence-corrected chi connectivity index (χ2v) is 10.1. The van der Waals surface area contributed by atoms with Crippen molar-refractivity contribution in [2.24, 2.45) is 11.3 Å². The molecule has 146 valence electrons. The predicted molar refractivity (Wildman–Crippen MR) is 107 cm³/mol. The summed E-state index contributed by atoms with van der Waals surface area (Å²) in [6.07, 6.45) is 3.19. The fourth-order valence-electron chi connectivity index (χ4n) is 3.59. The summed E-state index contributed by atoms with van der Waals surface area (Å²) in [6.45, 7) is 10.1. The number of sulfonamides is 1. The molecule has 0 aromatic heterocycles. The maximum Gasteiger partial charge on any atom is 0.319 e. The van der Waals surface area contributed by atoms with E-state index in [1.165, 1.54) is 0 Å². The Balaban J connectivity index is 1.96. The number of urea groups is 1. The molecule has 3 N–H and O–H groups in total. The highest BCUT2D eigenvalue weighted by Gasteiger charge is 2.33. The van der Waals surface area contributed by atoms with E-state index in [0.29, 0.717) is 22.7 Å². The first kappa shape index (κ1) is 20.6. The molecule has 1 aliphatic rings. The first-order chi connectivity index (χ1) is 12.0. The Morgan fingerprint density at radius 1 is 1.31 bits per heavy atom. The van der Waals surface area contributed by atoms with Gasteiger partial charge in [0.1, 0.15) is 0 Å². The van der Waals surface area contributed by atoms with Gasteiger partial charge in [0, 0.05) is 11.7 Å². The lowest BCUT2D eigenvalue weighted by atomic mass is 9.70. The van der Waals surface area contributed by atoms with E-state index in [9.17, 15) is 13.2 Å². The van der Waals surface area contributed by atoms with Crippen molar-refractivity contribution in [1.82, 2.24) is 5.32 Å². The topological polar surface area (TPSA) is 87.3 Å². The summed E-state index contributed by atoms with van der Waals surface area (Å²) < 4.78 is 25.9. The number of carbonyl (C=O) groups is 1. The van der Waals surface area contributed by atoms with Crippen molar-refractivity contribution in [3.63, 3.8) is 0 Å². The second kappa shape index (κ2) is 7.86. The molecule has 0 unspecified atom stereocenters. The SMILES string of the molecule is CCS(=O)(=O)Nc1ccc(NC(=O)N[C@@H]2CCC(C)(C)C[C@@H]2C)cc1C. The Kier molecular flexibility index (Phi) is 6.21. The van der Waals surface area contributed by atoms with Crippen LogP contribution in [0.2, 0.25) is 0 Å². The third-order valence-corrected chi connectivity index (χ3v) is 6.43. The van der Waals surface area contributed by atoms with Crippen LogP contribution in [0.1, 0.15) is 52.5 Å². The molecule has 1 fully saturated rings. The van der Waals surface area contributed by atoms with Gasteiger partial charge in [-0.15, -0.1) is 0 Å². The largest absolute Gasteiger partial charge is 0.335 e. The Labute approximate surface area is 157 Å². The highest BCUT2D eigenvalue weighted by atomic mass is 32.2. The van der Waals surface area contributed by atoms with Crippen LogP contribution in [0.15, 0.2) is 18.2 Å². The van der Waals surface area contributed by atoms with Gasteiger partial charge in [-0.3, -0.25) is 4.72 Å². The van der Waals surface area contributed by atoms with Gasteiger partial charge in [0.2, 0.25) is 10.0 Å². The van der Waals surface area contributed by atoms with E-state index in [4.69, 9.17) is 0 Å². The van der Waals surface area contributed by atoms with Gasteiger partial charge in [-0.05, 0) is 68.2 Å². The zero-order chi connectivity index (χ0) is 19.5. The number of rotatable bonds is 5. The number of amides is 2. The number of aryl methyl sites for hydroxylation is 1. The predicted octanol–water partition coefficient (Wildman–Crippen LogP) is 4.09. The molecule has 1 saturated carbocycles. The number of anilines is 2. The van der Waals surface area contributed by atoms with Crippen LogP contribution < -0.4 is 15.4 Å². The molecular formula is C19H31N3O3S. The van der Waals surface area contributed by atoms with Crippen LogP contribution in [0, 0.1) is 18.3 Å². The van der Waals surface area contributed by atoms with Crippen LogP contribution in [-0.4, -0.2) is 26.2 Å². The molecule has 2 atom stereocenters. The van der Waals surface area contributed by atoms with Gasteiger partial charge in [-0.1, -0.05) is 20.8 Å². The Morgan fingerprint density at radius 2 is 2.00 bits per heavy atom. The smallest absolute Gasteiger partial charge is 0.319 e. The molecule has 0 aliphatic heterocycles. The van der Waals surface area contributed by atoms with Crippen LogP contribution in [0.25, 0.3) is 0 Å². The van der Waals surface area contributed by atoms with Crippen molar-refractivity contribution in [3.8, 4) is 0 Å². The highest BCUT2D eigenvalue weighted by Crippen LogP contribution is 2.38. The van der Waals surface area contributed by atoms with Gasteiger partial charge >= 0.3 is 6.03 Å². The molecule has 1 aromatic rings. The fraction of sp³-hybridized carbons (Fsp3) is 0.632. The third-order valence-electron chi connectivity index (χ3n) is 5.14. The van der Waals surface area contributed by atoms with E-state index in [0.717, 1.165) is 24.8 Å². The molecule has 0 saturated heterocycles. The number of carbonyl (C=O) groups excluding carboxylic acids is 1. The van der Waals surface area contributed by atoms with Crippen molar-refractivity contribution in [3.05, 3.63) is 23.8 Å². The van der Waals surface area contributed by atoms with E-state index in [2.05, 4.69) is 36.1 Å². The van der Waals surface area contributed by atoms with E-state index in [1.54, 1.807) is 25.1 Å². The van der Waals surface area contributed by atoms with Gasteiger partial charge in [0.15, 0.2) is 0 Å². The molecule has 6 nitrogen and oxygen atoms in total. The summed E-state index contributed by atoms with van der Waals surface area (Å²) >= 11 is 0. The zero-order valence-corrected chi connectivity index (χ0v) is 17.2. The number of hydrogen-bond donors (Lipinski definition) is 3. The Hall–Kier alpha value is -1.76. The lowest BCUT2D eigenvalue weighted by Gasteiger charge is -2.39. The summed E-state index contributed by atoms with van der Waals surface area (Å²) in [5.74, 6) is 0.461. The summed E-state index contributed by atoms with van der Waals surface area (Å²) in [4.78, 5) is 12.3. The first-order valence-electron chi connectivity index (χ1n) is 9.20. The number of benzene rings is 1. The molecule has 7 heteroatoms. The van der Waals surface area contributed by atoms with Gasteiger partial charge in [0.05, 0.1) is 11.4 Å². The molecular weight excluding hydrogens is 350 g/mol. The fourth-order valence-corrected chi connectivity index (χ4v) is 4.30. The normalized spacial score (nSPS) is 22.5. The van der Waals surface area contributed by atoms with E-state index >= 15 is 0 Å². The monoisotopic (exact) mass is 381 g/mol. The molecule has 1 aliphatic carbocycles. The molecule has 0 radical (unpaired) electrons. The van der Waals surface area contributed by atoms with Gasteiger partial charge in [-0.2, -0.15) is 0 Å². The molecule has 0 bridgehead atoms. The average molecular weight is 382 g/mol. The number of nitrogens with one attached hydrogen (secondary N) is 3. The Bertz CT molecular complexity index is 759. The van der Waals surface area contributed by atoms with Crippen LogP contribution in [-0.2, 0) is 10.0 Å². The second-order valence-electron chi connectivity index (χ2n) is 8.12. The molecule has 2 amide bonds. The van der Waals surface area contributed by atoms with Gasteiger partial charge < -0.3 is 10.6 Å². The maximum absolute atomic E-state index is 12.3. The summed E-state index contributed by atoms with van der Waals surface area (Å²) in [5, 5.41) is 5.92. The van der Waals surface area contributed by atoms with Crippen LogP contribution in [0.4, 0.5) is 16.2 Å². The van der Waals surface area contributed by atoms with Crippen LogP contribution >= 0.6 is 0 Å². The van der Waals surface area contributed by atoms with E-state index < -0.39 is 10.0 Å². The minimum atomic E-state index is -3.32. The summed E-state index contributed by atoms with van der Waals surface area (Å²) in [6, 6.07) is 5.10. The average Bonchev–Trinajstić information content (AvgIpc) is 2.52. The zero-order valence-electron chi connectivity index (χ0n) is 16.3. The van der Waals surface area contributed by atoms with Crippen LogP contribution in [0.5, 0.6) is 0 Å². The number of hydrogen-bond acceptors (Lipinski definition) is 3. The van der Waals surface area contributed by atoms with Gasteiger partial charge in [0.25, 0.3) is 0 Å². The van der Waals surface area contributed by atoms with Crippen molar-refractivity contribution in [1.29, 1.82) is 0 Å². The molecule has 2 rings (SSSR count). The summed E-state index contributed by atoms with van der Waals surface area (Å²) in [5.41, 5.74) is 2.27. The molecule has 26 heavy (non-hydrogen) atoms. The van der Waals surface area contributed by atoms with Gasteiger partial charge in [-0.25, -0.2) is 13.2 Å². The van der Waals surface area contributed by atoms with E-state index in [-0.39, 0.29) is 17.8 Å².